The van der Waals surface area contributed by atoms with Gasteiger partial charge in [-0.15, -0.1) is 0 Å². The van der Waals surface area contributed by atoms with Gasteiger partial charge in [0, 0.05) is 11.1 Å². The summed E-state index contributed by atoms with van der Waals surface area (Å²) in [7, 11) is 1.66. The molecule has 2 aromatic carbocycles. The number of fused-ring (bicyclic) bond motifs is 2. The predicted molar refractivity (Wildman–Crippen MR) is 145 cm³/mol. The van der Waals surface area contributed by atoms with Gasteiger partial charge in [0.05, 0.1) is 19.3 Å². The zero-order valence-electron chi connectivity index (χ0n) is 21.1. The van der Waals surface area contributed by atoms with E-state index in [4.69, 9.17) is 4.74 Å². The third kappa shape index (κ3) is 4.12. The zero-order chi connectivity index (χ0) is 24.7. The van der Waals surface area contributed by atoms with E-state index in [0.717, 1.165) is 33.7 Å². The predicted octanol–water partition coefficient (Wildman–Crippen LogP) is 7.63. The second-order valence-electron chi connectivity index (χ2n) is 9.70. The molecule has 3 aliphatic rings. The number of carbonyl (C=O) groups excluding carboxylic acids is 1. The normalized spacial score (nSPS) is 14.3. The Kier molecular flexibility index (Phi) is 5.94. The number of methoxy groups -OCH3 is 1. The van der Waals surface area contributed by atoms with Crippen LogP contribution < -0.4 is 9.64 Å². The molecule has 3 nitrogen and oxygen atoms in total. The number of rotatable bonds is 5. The maximum absolute atomic E-state index is 13.8. The summed E-state index contributed by atoms with van der Waals surface area (Å²) >= 11 is 0. The lowest BCUT2D eigenvalue weighted by Gasteiger charge is -2.17. The van der Waals surface area contributed by atoms with Crippen molar-refractivity contribution >= 4 is 23.2 Å². The minimum Gasteiger partial charge on any atom is -0.497 e. The van der Waals surface area contributed by atoms with Crippen LogP contribution in [0.3, 0.4) is 0 Å². The second-order valence-corrected chi connectivity index (χ2v) is 9.70. The van der Waals surface area contributed by atoms with E-state index in [2.05, 4.69) is 64.1 Å². The van der Waals surface area contributed by atoms with Gasteiger partial charge in [-0.2, -0.15) is 0 Å². The number of amides is 1. The van der Waals surface area contributed by atoms with Gasteiger partial charge in [-0.25, -0.2) is 0 Å². The van der Waals surface area contributed by atoms with Crippen molar-refractivity contribution in [3.8, 4) is 16.9 Å². The first-order chi connectivity index (χ1) is 16.9. The number of benzene rings is 2. The van der Waals surface area contributed by atoms with Crippen LogP contribution >= 0.6 is 0 Å². The first kappa shape index (κ1) is 22.9. The minimum atomic E-state index is 0.0369. The summed E-state index contributed by atoms with van der Waals surface area (Å²) in [6, 6.07) is 24.9. The largest absolute Gasteiger partial charge is 0.497 e. The van der Waals surface area contributed by atoms with Gasteiger partial charge in [-0.3, -0.25) is 4.79 Å². The molecule has 0 fully saturated rings. The molecule has 35 heavy (non-hydrogen) atoms. The molecule has 2 aromatic rings. The smallest absolute Gasteiger partial charge is 0.259 e. The van der Waals surface area contributed by atoms with Gasteiger partial charge < -0.3 is 9.64 Å². The standard InChI is InChI=1S/C32H31NO2/c1-20(2)24-13-10-21(3)31-25(16-22(4)28(31)17-24)18-29-27-8-6-7-9-30(27)33(32(29)34)19-23-11-14-26(35-5)15-12-23/h6-18,20H,19H2,1-5H3. The van der Waals surface area contributed by atoms with E-state index in [0.29, 0.717) is 12.5 Å². The molecular weight excluding hydrogens is 430 g/mol. The van der Waals surface area contributed by atoms with Crippen LogP contribution in [-0.2, 0) is 11.3 Å². The molecule has 1 aliphatic heterocycles. The molecule has 0 unspecified atom stereocenters. The summed E-state index contributed by atoms with van der Waals surface area (Å²) in [6.45, 7) is 9.29. The van der Waals surface area contributed by atoms with E-state index in [1.165, 1.54) is 27.8 Å². The Bertz CT molecular complexity index is 1410. The van der Waals surface area contributed by atoms with Crippen LogP contribution in [0.2, 0.25) is 0 Å². The van der Waals surface area contributed by atoms with Crippen LogP contribution in [0.4, 0.5) is 5.69 Å². The van der Waals surface area contributed by atoms with Crippen molar-refractivity contribution in [2.24, 2.45) is 0 Å². The van der Waals surface area contributed by atoms with E-state index in [-0.39, 0.29) is 5.91 Å². The van der Waals surface area contributed by atoms with Crippen molar-refractivity contribution in [3.05, 3.63) is 106 Å². The topological polar surface area (TPSA) is 29.5 Å². The molecule has 0 bridgehead atoms. The SMILES string of the molecule is COc1ccc(CN2C(=O)C(=Cc3cc(C)c4cc(C(C)C)ccc(C)c3-4)c3ccccc32)cc1. The Morgan fingerprint density at radius 3 is 2.34 bits per heavy atom. The number of hydrogen-bond donors (Lipinski definition) is 0. The van der Waals surface area contributed by atoms with Crippen molar-refractivity contribution in [1.29, 1.82) is 0 Å². The van der Waals surface area contributed by atoms with E-state index in [1.54, 1.807) is 7.11 Å². The van der Waals surface area contributed by atoms with Crippen LogP contribution in [0.5, 0.6) is 5.75 Å². The number of ether oxygens (including phenoxy) is 1. The van der Waals surface area contributed by atoms with Crippen molar-refractivity contribution in [1.82, 2.24) is 0 Å². The fourth-order valence-electron chi connectivity index (χ4n) is 5.03. The Morgan fingerprint density at radius 2 is 1.63 bits per heavy atom. The van der Waals surface area contributed by atoms with Crippen LogP contribution in [0, 0.1) is 13.8 Å². The summed E-state index contributed by atoms with van der Waals surface area (Å²) in [4.78, 5) is 15.6. The molecule has 0 aromatic heterocycles. The molecule has 3 heteroatoms. The summed E-state index contributed by atoms with van der Waals surface area (Å²) in [5.41, 5.74) is 11.1. The van der Waals surface area contributed by atoms with Crippen molar-refractivity contribution < 1.29 is 9.53 Å². The molecule has 1 heterocycles. The maximum atomic E-state index is 13.8. The van der Waals surface area contributed by atoms with Gasteiger partial charge in [0.2, 0.25) is 0 Å². The monoisotopic (exact) mass is 461 g/mol. The molecular formula is C32H31NO2. The lowest BCUT2D eigenvalue weighted by molar-refractivity contribution is -0.113. The highest BCUT2D eigenvalue weighted by Gasteiger charge is 2.32. The molecule has 176 valence electrons. The highest BCUT2D eigenvalue weighted by Crippen LogP contribution is 2.42. The molecule has 2 aliphatic carbocycles. The second kappa shape index (κ2) is 9.07. The number of carbonyl (C=O) groups is 1. The Labute approximate surface area is 208 Å². The molecule has 1 amide bonds. The lowest BCUT2D eigenvalue weighted by atomic mass is 9.99. The molecule has 0 atom stereocenters. The van der Waals surface area contributed by atoms with E-state index < -0.39 is 0 Å². The number of anilines is 1. The summed E-state index contributed by atoms with van der Waals surface area (Å²) in [5.74, 6) is 1.30. The average molecular weight is 462 g/mol. The van der Waals surface area contributed by atoms with Gasteiger partial charge in [-0.1, -0.05) is 68.4 Å². The van der Waals surface area contributed by atoms with Gasteiger partial charge in [-0.05, 0) is 83.0 Å². The fourth-order valence-corrected chi connectivity index (χ4v) is 5.03. The number of para-hydroxylation sites is 1. The van der Waals surface area contributed by atoms with Crippen LogP contribution in [0.15, 0.2) is 72.8 Å². The van der Waals surface area contributed by atoms with Gasteiger partial charge >= 0.3 is 0 Å². The highest BCUT2D eigenvalue weighted by atomic mass is 16.5. The summed E-state index contributed by atoms with van der Waals surface area (Å²) < 4.78 is 5.28. The first-order valence-corrected chi connectivity index (χ1v) is 12.2. The Morgan fingerprint density at radius 1 is 0.886 bits per heavy atom. The molecule has 0 saturated heterocycles. The quantitative estimate of drug-likeness (QED) is 0.286. The van der Waals surface area contributed by atoms with Crippen molar-refractivity contribution in [3.63, 3.8) is 0 Å². The molecule has 0 radical (unpaired) electrons. The fraction of sp³-hybridized carbons (Fsp3) is 0.219. The van der Waals surface area contributed by atoms with Crippen LogP contribution in [0.25, 0.3) is 22.8 Å². The van der Waals surface area contributed by atoms with Gasteiger partial charge in [0.1, 0.15) is 5.75 Å². The summed E-state index contributed by atoms with van der Waals surface area (Å²) in [5, 5.41) is 0. The van der Waals surface area contributed by atoms with E-state index in [9.17, 15) is 4.79 Å². The molecule has 0 saturated carbocycles. The number of hydrogen-bond acceptors (Lipinski definition) is 2. The molecule has 0 spiro atoms. The number of aryl methyl sites for hydroxylation is 2. The zero-order valence-corrected chi connectivity index (χ0v) is 21.1. The number of nitrogens with zero attached hydrogens (tertiary/aromatic N) is 1. The summed E-state index contributed by atoms with van der Waals surface area (Å²) in [6.07, 6.45) is 2.09. The first-order valence-electron chi connectivity index (χ1n) is 12.2. The highest BCUT2D eigenvalue weighted by molar-refractivity contribution is 6.36. The third-order valence-corrected chi connectivity index (χ3v) is 7.01. The Hall–Kier alpha value is -3.85. The van der Waals surface area contributed by atoms with Crippen molar-refractivity contribution in [2.75, 3.05) is 12.0 Å². The minimum absolute atomic E-state index is 0.0369. The Balaban J connectivity index is 1.58. The van der Waals surface area contributed by atoms with Gasteiger partial charge in [0.15, 0.2) is 0 Å². The molecule has 5 rings (SSSR count). The van der Waals surface area contributed by atoms with Crippen molar-refractivity contribution in [2.45, 2.75) is 40.2 Å². The van der Waals surface area contributed by atoms with E-state index in [1.807, 2.05) is 47.4 Å². The van der Waals surface area contributed by atoms with E-state index >= 15 is 0 Å². The molecule has 0 N–H and O–H groups in total. The maximum Gasteiger partial charge on any atom is 0.259 e. The third-order valence-electron chi connectivity index (χ3n) is 7.01. The average Bonchev–Trinajstić information content (AvgIpc) is 3.21. The van der Waals surface area contributed by atoms with Crippen LogP contribution in [-0.4, -0.2) is 13.0 Å². The van der Waals surface area contributed by atoms with Gasteiger partial charge in [0.25, 0.3) is 5.91 Å². The van der Waals surface area contributed by atoms with Crippen LogP contribution in [0.1, 0.15) is 53.1 Å². The lowest BCUT2D eigenvalue weighted by Crippen LogP contribution is -2.25.